The molecule has 3 nitrogen and oxygen atoms in total. The minimum atomic E-state index is 0.151. The molecule has 3 rings (SSSR count). The van der Waals surface area contributed by atoms with E-state index in [4.69, 9.17) is 4.74 Å². The highest BCUT2D eigenvalue weighted by Crippen LogP contribution is 2.28. The molecule has 0 radical (unpaired) electrons. The topological polar surface area (TPSA) is 26.2 Å². The quantitative estimate of drug-likeness (QED) is 0.931. The average Bonchev–Trinajstić information content (AvgIpc) is 3.01. The molecule has 1 atom stereocenters. The zero-order valence-corrected chi connectivity index (χ0v) is 13.1. The van der Waals surface area contributed by atoms with Crippen molar-refractivity contribution in [3.05, 3.63) is 53.9 Å². The summed E-state index contributed by atoms with van der Waals surface area (Å²) in [6, 6.07) is 10.5. The Morgan fingerprint density at radius 1 is 1.24 bits per heavy atom. The fourth-order valence-corrected chi connectivity index (χ4v) is 2.67. The molecule has 1 aromatic carbocycles. The Hall–Kier alpha value is -1.74. The van der Waals surface area contributed by atoms with Gasteiger partial charge >= 0.3 is 0 Å². The molecule has 1 unspecified atom stereocenters. The third-order valence-electron chi connectivity index (χ3n) is 3.76. The van der Waals surface area contributed by atoms with E-state index in [1.165, 1.54) is 11.1 Å². The highest BCUT2D eigenvalue weighted by Gasteiger charge is 2.22. The second-order valence-corrected chi connectivity index (χ2v) is 6.87. The van der Waals surface area contributed by atoms with Crippen LogP contribution in [0.5, 0.6) is 5.75 Å². The van der Waals surface area contributed by atoms with Crippen molar-refractivity contribution in [3.8, 4) is 5.75 Å². The lowest BCUT2D eigenvalue weighted by Gasteiger charge is -2.20. The number of fused-ring (bicyclic) bond motifs is 1. The smallest absolute Gasteiger partial charge is 0.123 e. The summed E-state index contributed by atoms with van der Waals surface area (Å²) in [5.41, 5.74) is 2.79. The molecule has 1 aliphatic heterocycles. The lowest BCUT2D eigenvalue weighted by Crippen LogP contribution is -2.34. The van der Waals surface area contributed by atoms with E-state index in [2.05, 4.69) is 67.3 Å². The molecule has 0 fully saturated rings. The van der Waals surface area contributed by atoms with Crippen LogP contribution in [0.25, 0.3) is 0 Å². The van der Waals surface area contributed by atoms with E-state index < -0.39 is 0 Å². The van der Waals surface area contributed by atoms with E-state index in [0.29, 0.717) is 0 Å². The van der Waals surface area contributed by atoms with Crippen molar-refractivity contribution >= 4 is 0 Å². The minimum absolute atomic E-state index is 0.151. The second kappa shape index (κ2) is 5.57. The highest BCUT2D eigenvalue weighted by atomic mass is 16.5. The van der Waals surface area contributed by atoms with E-state index in [1.807, 2.05) is 6.07 Å². The van der Waals surface area contributed by atoms with Crippen molar-refractivity contribution in [2.24, 2.45) is 0 Å². The molecular weight excluding hydrogens is 260 g/mol. The minimum Gasteiger partial charge on any atom is -0.488 e. The van der Waals surface area contributed by atoms with Gasteiger partial charge in [-0.15, -0.1) is 0 Å². The van der Waals surface area contributed by atoms with E-state index in [0.717, 1.165) is 25.3 Å². The Morgan fingerprint density at radius 3 is 2.81 bits per heavy atom. The van der Waals surface area contributed by atoms with Gasteiger partial charge in [-0.05, 0) is 44.0 Å². The van der Waals surface area contributed by atoms with Gasteiger partial charge in [-0.3, -0.25) is 0 Å². The number of rotatable bonds is 4. The van der Waals surface area contributed by atoms with Crippen LogP contribution in [0.3, 0.4) is 0 Å². The summed E-state index contributed by atoms with van der Waals surface area (Å²) in [4.78, 5) is 0. The summed E-state index contributed by atoms with van der Waals surface area (Å²) >= 11 is 0. The number of nitrogens with one attached hydrogen (secondary N) is 1. The van der Waals surface area contributed by atoms with Crippen molar-refractivity contribution in [1.82, 2.24) is 9.88 Å². The zero-order chi connectivity index (χ0) is 14.9. The van der Waals surface area contributed by atoms with Gasteiger partial charge < -0.3 is 14.6 Å². The van der Waals surface area contributed by atoms with Crippen LogP contribution in [-0.4, -0.2) is 16.2 Å². The van der Waals surface area contributed by atoms with Gasteiger partial charge in [0.2, 0.25) is 0 Å². The number of hydrogen-bond acceptors (Lipinski definition) is 2. The third-order valence-corrected chi connectivity index (χ3v) is 3.76. The van der Waals surface area contributed by atoms with Crippen molar-refractivity contribution in [3.63, 3.8) is 0 Å². The Bertz CT molecular complexity index is 585. The molecule has 1 aliphatic rings. The standard InChI is InChI=1S/C18H24N2O/c1-18(2,3)19-11-14-8-9-20(12-14)13-16-10-15-6-4-5-7-17(15)21-16/h4-9,12,16,19H,10-11,13H2,1-3H3. The van der Waals surface area contributed by atoms with Crippen LogP contribution in [0.15, 0.2) is 42.7 Å². The Labute approximate surface area is 126 Å². The highest BCUT2D eigenvalue weighted by molar-refractivity contribution is 5.37. The number of hydrogen-bond donors (Lipinski definition) is 1. The zero-order valence-electron chi connectivity index (χ0n) is 13.1. The number of benzene rings is 1. The molecule has 0 aliphatic carbocycles. The first-order chi connectivity index (χ1) is 9.99. The van der Waals surface area contributed by atoms with Gasteiger partial charge in [0, 0.05) is 30.9 Å². The molecule has 1 aromatic heterocycles. The normalized spacial score (nSPS) is 17.6. The van der Waals surface area contributed by atoms with Crippen molar-refractivity contribution in [2.75, 3.05) is 0 Å². The fourth-order valence-electron chi connectivity index (χ4n) is 2.67. The first-order valence-electron chi connectivity index (χ1n) is 7.64. The lowest BCUT2D eigenvalue weighted by atomic mass is 10.1. The van der Waals surface area contributed by atoms with Crippen molar-refractivity contribution in [2.45, 2.75) is 51.9 Å². The molecule has 0 amide bonds. The Morgan fingerprint density at radius 2 is 2.05 bits per heavy atom. The largest absolute Gasteiger partial charge is 0.488 e. The third kappa shape index (κ3) is 3.67. The predicted octanol–water partition coefficient (Wildman–Crippen LogP) is 3.38. The Kier molecular flexibility index (Phi) is 3.77. The van der Waals surface area contributed by atoms with E-state index in [1.54, 1.807) is 0 Å². The van der Waals surface area contributed by atoms with Crippen LogP contribution in [0.1, 0.15) is 31.9 Å². The van der Waals surface area contributed by atoms with Crippen LogP contribution in [0, 0.1) is 0 Å². The maximum Gasteiger partial charge on any atom is 0.123 e. The molecular formula is C18H24N2O. The van der Waals surface area contributed by atoms with Gasteiger partial charge in [0.1, 0.15) is 11.9 Å². The summed E-state index contributed by atoms with van der Waals surface area (Å²) in [5, 5.41) is 3.51. The molecule has 0 saturated carbocycles. The molecule has 2 aromatic rings. The van der Waals surface area contributed by atoms with Crippen LogP contribution >= 0.6 is 0 Å². The van der Waals surface area contributed by atoms with E-state index >= 15 is 0 Å². The summed E-state index contributed by atoms with van der Waals surface area (Å²) in [7, 11) is 0. The fraction of sp³-hybridized carbons (Fsp3) is 0.444. The van der Waals surface area contributed by atoms with E-state index in [9.17, 15) is 0 Å². The maximum absolute atomic E-state index is 6.00. The van der Waals surface area contributed by atoms with Crippen LogP contribution in [0.4, 0.5) is 0 Å². The molecule has 0 saturated heterocycles. The first-order valence-corrected chi connectivity index (χ1v) is 7.64. The van der Waals surface area contributed by atoms with Gasteiger partial charge in [-0.25, -0.2) is 0 Å². The van der Waals surface area contributed by atoms with Crippen LogP contribution < -0.4 is 10.1 Å². The predicted molar refractivity (Wildman–Crippen MR) is 85.6 cm³/mol. The summed E-state index contributed by atoms with van der Waals surface area (Å²) in [6.45, 7) is 8.38. The maximum atomic E-state index is 6.00. The van der Waals surface area contributed by atoms with Crippen molar-refractivity contribution < 1.29 is 4.74 Å². The van der Waals surface area contributed by atoms with Crippen LogP contribution in [-0.2, 0) is 19.5 Å². The van der Waals surface area contributed by atoms with Crippen LogP contribution in [0.2, 0.25) is 0 Å². The lowest BCUT2D eigenvalue weighted by molar-refractivity contribution is 0.209. The molecule has 0 bridgehead atoms. The van der Waals surface area contributed by atoms with Gasteiger partial charge in [-0.2, -0.15) is 0 Å². The van der Waals surface area contributed by atoms with Gasteiger partial charge in [0.25, 0.3) is 0 Å². The monoisotopic (exact) mass is 284 g/mol. The summed E-state index contributed by atoms with van der Waals surface area (Å²) in [5.74, 6) is 1.05. The molecule has 3 heteroatoms. The Balaban J connectivity index is 1.56. The molecule has 1 N–H and O–H groups in total. The SMILES string of the molecule is CC(C)(C)NCc1ccn(CC2Cc3ccccc3O2)c1. The van der Waals surface area contributed by atoms with Crippen molar-refractivity contribution in [1.29, 1.82) is 0 Å². The number of nitrogens with zero attached hydrogens (tertiary/aromatic N) is 1. The van der Waals surface area contributed by atoms with E-state index in [-0.39, 0.29) is 11.6 Å². The first kappa shape index (κ1) is 14.2. The summed E-state index contributed by atoms with van der Waals surface area (Å²) in [6.07, 6.45) is 5.61. The number of ether oxygens (including phenoxy) is 1. The average molecular weight is 284 g/mol. The molecule has 21 heavy (non-hydrogen) atoms. The summed E-state index contributed by atoms with van der Waals surface area (Å²) < 4.78 is 8.23. The number of aromatic nitrogens is 1. The molecule has 2 heterocycles. The van der Waals surface area contributed by atoms with Gasteiger partial charge in [-0.1, -0.05) is 18.2 Å². The van der Waals surface area contributed by atoms with Gasteiger partial charge in [0.15, 0.2) is 0 Å². The molecule has 112 valence electrons. The second-order valence-electron chi connectivity index (χ2n) is 6.87. The van der Waals surface area contributed by atoms with Gasteiger partial charge in [0.05, 0.1) is 6.54 Å². The molecule has 0 spiro atoms. The number of para-hydroxylation sites is 1.